The van der Waals surface area contributed by atoms with Crippen LogP contribution in [0.1, 0.15) is 15.9 Å². The number of halogens is 1. The van der Waals surface area contributed by atoms with E-state index in [9.17, 15) is 17.6 Å². The molecule has 0 spiro atoms. The normalized spacial score (nSPS) is 13.3. The lowest BCUT2D eigenvalue weighted by atomic mass is 10.2. The first kappa shape index (κ1) is 15.3. The minimum Gasteiger partial charge on any atom is -0.493 e. The van der Waals surface area contributed by atoms with Gasteiger partial charge in [-0.2, -0.15) is 0 Å². The van der Waals surface area contributed by atoms with Crippen LogP contribution < -0.4 is 9.46 Å². The Hall–Kier alpha value is -2.61. The van der Waals surface area contributed by atoms with Crippen LogP contribution in [0.15, 0.2) is 41.3 Å². The Balaban J connectivity index is 1.97. The van der Waals surface area contributed by atoms with Crippen LogP contribution in [0.2, 0.25) is 0 Å². The predicted molar refractivity (Wildman–Crippen MR) is 79.8 cm³/mol. The molecule has 0 bridgehead atoms. The lowest BCUT2D eigenvalue weighted by Gasteiger charge is -2.11. The highest BCUT2D eigenvalue weighted by molar-refractivity contribution is 7.92. The van der Waals surface area contributed by atoms with Crippen molar-refractivity contribution in [2.75, 3.05) is 11.3 Å². The molecule has 0 aliphatic carbocycles. The molecule has 2 N–H and O–H groups in total. The van der Waals surface area contributed by atoms with Gasteiger partial charge in [0.1, 0.15) is 11.6 Å². The van der Waals surface area contributed by atoms with E-state index < -0.39 is 27.4 Å². The molecule has 0 unspecified atom stereocenters. The van der Waals surface area contributed by atoms with E-state index in [1.807, 2.05) is 0 Å². The van der Waals surface area contributed by atoms with Crippen molar-refractivity contribution in [3.05, 3.63) is 53.3 Å². The van der Waals surface area contributed by atoms with Crippen molar-refractivity contribution >= 4 is 21.7 Å². The van der Waals surface area contributed by atoms with Gasteiger partial charge in [0.05, 0.1) is 22.8 Å². The summed E-state index contributed by atoms with van der Waals surface area (Å²) in [6.07, 6.45) is 0.607. The van der Waals surface area contributed by atoms with Crippen LogP contribution in [-0.4, -0.2) is 26.1 Å². The van der Waals surface area contributed by atoms with Gasteiger partial charge < -0.3 is 9.84 Å². The summed E-state index contributed by atoms with van der Waals surface area (Å²) in [5.41, 5.74) is 0.110. The second kappa shape index (κ2) is 5.54. The highest BCUT2D eigenvalue weighted by Gasteiger charge is 2.22. The minimum atomic E-state index is -4.00. The smallest absolute Gasteiger partial charge is 0.337 e. The van der Waals surface area contributed by atoms with Crippen LogP contribution in [0.3, 0.4) is 0 Å². The minimum absolute atomic E-state index is 0.0117. The number of aromatic carboxylic acids is 1. The quantitative estimate of drug-likeness (QED) is 0.893. The molecule has 1 aliphatic rings. The van der Waals surface area contributed by atoms with Crippen molar-refractivity contribution in [1.82, 2.24) is 0 Å². The van der Waals surface area contributed by atoms with E-state index in [0.717, 1.165) is 23.8 Å². The SMILES string of the molecule is O=C(O)c1cc(F)ccc1NS(=O)(=O)c1ccc2c(c1)CCO2. The van der Waals surface area contributed by atoms with E-state index in [-0.39, 0.29) is 10.6 Å². The van der Waals surface area contributed by atoms with Crippen LogP contribution >= 0.6 is 0 Å². The van der Waals surface area contributed by atoms with Crippen molar-refractivity contribution < 1.29 is 27.4 Å². The van der Waals surface area contributed by atoms with Crippen LogP contribution in [-0.2, 0) is 16.4 Å². The largest absolute Gasteiger partial charge is 0.493 e. The molecule has 3 rings (SSSR count). The molecule has 1 heterocycles. The molecule has 0 aromatic heterocycles. The molecular formula is C15H12FNO5S. The first-order chi connectivity index (χ1) is 10.9. The summed E-state index contributed by atoms with van der Waals surface area (Å²) in [5, 5.41) is 9.07. The van der Waals surface area contributed by atoms with Gasteiger partial charge in [-0.3, -0.25) is 4.72 Å². The van der Waals surface area contributed by atoms with E-state index in [1.165, 1.54) is 12.1 Å². The summed E-state index contributed by atoms with van der Waals surface area (Å²) in [6.45, 7) is 0.493. The monoisotopic (exact) mass is 337 g/mol. The fourth-order valence-corrected chi connectivity index (χ4v) is 3.45. The van der Waals surface area contributed by atoms with Gasteiger partial charge in [0.15, 0.2) is 0 Å². The molecule has 0 saturated heterocycles. The first-order valence-electron chi connectivity index (χ1n) is 6.68. The molecule has 0 saturated carbocycles. The molecular weight excluding hydrogens is 325 g/mol. The van der Waals surface area contributed by atoms with Crippen LogP contribution in [0, 0.1) is 5.82 Å². The highest BCUT2D eigenvalue weighted by atomic mass is 32.2. The number of rotatable bonds is 4. The van der Waals surface area contributed by atoms with Crippen molar-refractivity contribution in [3.63, 3.8) is 0 Å². The van der Waals surface area contributed by atoms with Gasteiger partial charge in [0.25, 0.3) is 10.0 Å². The average Bonchev–Trinajstić information content (AvgIpc) is 2.96. The number of hydrogen-bond acceptors (Lipinski definition) is 4. The van der Waals surface area contributed by atoms with Gasteiger partial charge in [0.2, 0.25) is 0 Å². The summed E-state index contributed by atoms with van der Waals surface area (Å²) >= 11 is 0. The molecule has 2 aromatic carbocycles. The Kier molecular flexibility index (Phi) is 3.69. The van der Waals surface area contributed by atoms with Crippen LogP contribution in [0.4, 0.5) is 10.1 Å². The van der Waals surface area contributed by atoms with Crippen molar-refractivity contribution in [3.8, 4) is 5.75 Å². The van der Waals surface area contributed by atoms with Crippen molar-refractivity contribution in [2.45, 2.75) is 11.3 Å². The molecule has 0 atom stereocenters. The predicted octanol–water partition coefficient (Wildman–Crippen LogP) is 2.26. The fourth-order valence-electron chi connectivity index (χ4n) is 2.32. The van der Waals surface area contributed by atoms with Gasteiger partial charge in [-0.15, -0.1) is 0 Å². The molecule has 0 fully saturated rings. The Morgan fingerprint density at radius 3 is 2.74 bits per heavy atom. The Labute approximate surface area is 131 Å². The Bertz CT molecular complexity index is 895. The molecule has 23 heavy (non-hydrogen) atoms. The topological polar surface area (TPSA) is 92.7 Å². The number of benzene rings is 2. The van der Waals surface area contributed by atoms with E-state index in [4.69, 9.17) is 9.84 Å². The summed E-state index contributed by atoms with van der Waals surface area (Å²) < 4.78 is 45.5. The average molecular weight is 337 g/mol. The van der Waals surface area contributed by atoms with E-state index in [0.29, 0.717) is 18.8 Å². The van der Waals surface area contributed by atoms with Crippen LogP contribution in [0.25, 0.3) is 0 Å². The number of fused-ring (bicyclic) bond motifs is 1. The van der Waals surface area contributed by atoms with E-state index in [2.05, 4.69) is 4.72 Å². The number of ether oxygens (including phenoxy) is 1. The second-order valence-electron chi connectivity index (χ2n) is 4.97. The molecule has 2 aromatic rings. The number of carboxylic acids is 1. The van der Waals surface area contributed by atoms with E-state index >= 15 is 0 Å². The zero-order chi connectivity index (χ0) is 16.6. The standard InChI is InChI=1S/C15H12FNO5S/c16-10-1-3-13(12(8-10)15(18)19)17-23(20,21)11-2-4-14-9(7-11)5-6-22-14/h1-4,7-8,17H,5-6H2,(H,18,19). The molecule has 0 radical (unpaired) electrons. The highest BCUT2D eigenvalue weighted by Crippen LogP contribution is 2.29. The third-order valence-electron chi connectivity index (χ3n) is 3.43. The lowest BCUT2D eigenvalue weighted by molar-refractivity contribution is 0.0697. The number of sulfonamides is 1. The Morgan fingerprint density at radius 2 is 2.00 bits per heavy atom. The third kappa shape index (κ3) is 2.98. The summed E-state index contributed by atoms with van der Waals surface area (Å²) in [6, 6.07) is 7.23. The molecule has 0 amide bonds. The number of carboxylic acid groups (broad SMARTS) is 1. The molecule has 120 valence electrons. The maximum Gasteiger partial charge on any atom is 0.337 e. The molecule has 6 nitrogen and oxygen atoms in total. The van der Waals surface area contributed by atoms with Crippen molar-refractivity contribution in [2.24, 2.45) is 0 Å². The van der Waals surface area contributed by atoms with Gasteiger partial charge in [-0.1, -0.05) is 0 Å². The first-order valence-corrected chi connectivity index (χ1v) is 8.16. The Morgan fingerprint density at radius 1 is 1.22 bits per heavy atom. The zero-order valence-electron chi connectivity index (χ0n) is 11.7. The number of nitrogens with one attached hydrogen (secondary N) is 1. The number of carbonyl (C=O) groups is 1. The van der Waals surface area contributed by atoms with Crippen molar-refractivity contribution in [1.29, 1.82) is 0 Å². The second-order valence-corrected chi connectivity index (χ2v) is 6.65. The molecule has 8 heteroatoms. The van der Waals surface area contributed by atoms with Gasteiger partial charge in [-0.25, -0.2) is 17.6 Å². The molecule has 1 aliphatic heterocycles. The third-order valence-corrected chi connectivity index (χ3v) is 4.79. The van der Waals surface area contributed by atoms with Gasteiger partial charge >= 0.3 is 5.97 Å². The van der Waals surface area contributed by atoms with Gasteiger partial charge in [0, 0.05) is 6.42 Å². The van der Waals surface area contributed by atoms with Gasteiger partial charge in [-0.05, 0) is 42.0 Å². The number of anilines is 1. The fraction of sp³-hybridized carbons (Fsp3) is 0.133. The van der Waals surface area contributed by atoms with E-state index in [1.54, 1.807) is 6.07 Å². The maximum atomic E-state index is 13.2. The summed E-state index contributed by atoms with van der Waals surface area (Å²) in [4.78, 5) is 11.1. The lowest BCUT2D eigenvalue weighted by Crippen LogP contribution is -2.16. The maximum absolute atomic E-state index is 13.2. The zero-order valence-corrected chi connectivity index (χ0v) is 12.6. The summed E-state index contributed by atoms with van der Waals surface area (Å²) in [7, 11) is -4.00. The number of hydrogen-bond donors (Lipinski definition) is 2. The summed E-state index contributed by atoms with van der Waals surface area (Å²) in [5.74, 6) is -1.55. The van der Waals surface area contributed by atoms with Crippen LogP contribution in [0.5, 0.6) is 5.75 Å².